The van der Waals surface area contributed by atoms with Gasteiger partial charge in [0.15, 0.2) is 0 Å². The standard InChI is InChI=1S/C13H21NO2/c15-9-4-5-10-16-11-8-14-12-13-6-2-1-3-7-13/h1-3,6-7,14-15H,4-5,8-12H2. The van der Waals surface area contributed by atoms with Gasteiger partial charge in [0.2, 0.25) is 0 Å². The van der Waals surface area contributed by atoms with Gasteiger partial charge in [-0.25, -0.2) is 0 Å². The van der Waals surface area contributed by atoms with Gasteiger partial charge < -0.3 is 15.2 Å². The lowest BCUT2D eigenvalue weighted by atomic mass is 10.2. The molecule has 16 heavy (non-hydrogen) atoms. The summed E-state index contributed by atoms with van der Waals surface area (Å²) in [6.45, 7) is 3.50. The van der Waals surface area contributed by atoms with Crippen LogP contribution in [0.5, 0.6) is 0 Å². The summed E-state index contributed by atoms with van der Waals surface area (Å²) < 4.78 is 5.40. The van der Waals surface area contributed by atoms with Crippen LogP contribution in [0.3, 0.4) is 0 Å². The molecule has 0 bridgehead atoms. The first-order valence-electron chi connectivity index (χ1n) is 5.86. The topological polar surface area (TPSA) is 41.5 Å². The number of ether oxygens (including phenoxy) is 1. The van der Waals surface area contributed by atoms with E-state index in [1.54, 1.807) is 0 Å². The maximum atomic E-state index is 8.57. The molecule has 1 aromatic carbocycles. The molecule has 0 heterocycles. The van der Waals surface area contributed by atoms with Crippen LogP contribution >= 0.6 is 0 Å². The summed E-state index contributed by atoms with van der Waals surface area (Å²) in [6.07, 6.45) is 1.77. The van der Waals surface area contributed by atoms with E-state index in [9.17, 15) is 0 Å². The Kier molecular flexibility index (Phi) is 7.68. The van der Waals surface area contributed by atoms with Crippen LogP contribution in [0.4, 0.5) is 0 Å². The zero-order valence-corrected chi connectivity index (χ0v) is 9.69. The predicted molar refractivity (Wildman–Crippen MR) is 65.3 cm³/mol. The van der Waals surface area contributed by atoms with Crippen molar-refractivity contribution in [2.24, 2.45) is 0 Å². The van der Waals surface area contributed by atoms with Crippen molar-refractivity contribution in [1.82, 2.24) is 5.32 Å². The van der Waals surface area contributed by atoms with Gasteiger partial charge in [-0.15, -0.1) is 0 Å². The fourth-order valence-electron chi connectivity index (χ4n) is 1.39. The number of benzene rings is 1. The average molecular weight is 223 g/mol. The molecule has 0 aromatic heterocycles. The normalized spacial score (nSPS) is 10.6. The van der Waals surface area contributed by atoms with Crippen LogP contribution in [-0.4, -0.2) is 31.5 Å². The third-order valence-corrected chi connectivity index (χ3v) is 2.29. The fraction of sp³-hybridized carbons (Fsp3) is 0.538. The van der Waals surface area contributed by atoms with Crippen molar-refractivity contribution in [3.63, 3.8) is 0 Å². The molecule has 0 saturated carbocycles. The second-order valence-electron chi connectivity index (χ2n) is 3.71. The molecule has 0 spiro atoms. The van der Waals surface area contributed by atoms with Gasteiger partial charge in [0.25, 0.3) is 0 Å². The molecule has 3 heteroatoms. The van der Waals surface area contributed by atoms with Gasteiger partial charge >= 0.3 is 0 Å². The summed E-state index contributed by atoms with van der Waals surface area (Å²) in [4.78, 5) is 0. The lowest BCUT2D eigenvalue weighted by Gasteiger charge is -2.05. The van der Waals surface area contributed by atoms with E-state index >= 15 is 0 Å². The molecule has 2 N–H and O–H groups in total. The maximum absolute atomic E-state index is 8.57. The molecule has 0 unspecified atom stereocenters. The summed E-state index contributed by atoms with van der Waals surface area (Å²) in [5.74, 6) is 0. The highest BCUT2D eigenvalue weighted by Gasteiger charge is 1.91. The predicted octanol–water partition coefficient (Wildman–Crippen LogP) is 1.57. The fourth-order valence-corrected chi connectivity index (χ4v) is 1.39. The first-order chi connectivity index (χ1) is 7.93. The molecule has 3 nitrogen and oxygen atoms in total. The van der Waals surface area contributed by atoms with Gasteiger partial charge in [-0.05, 0) is 18.4 Å². The van der Waals surface area contributed by atoms with E-state index in [0.29, 0.717) is 0 Å². The number of hydrogen-bond donors (Lipinski definition) is 2. The maximum Gasteiger partial charge on any atom is 0.0591 e. The minimum atomic E-state index is 0.260. The second kappa shape index (κ2) is 9.33. The Hall–Kier alpha value is -0.900. The van der Waals surface area contributed by atoms with Crippen LogP contribution in [0.2, 0.25) is 0 Å². The molecular formula is C13H21NO2. The molecule has 0 fully saturated rings. The van der Waals surface area contributed by atoms with Gasteiger partial charge in [-0.2, -0.15) is 0 Å². The van der Waals surface area contributed by atoms with E-state index in [4.69, 9.17) is 9.84 Å². The Bertz CT molecular complexity index is 251. The molecule has 1 aromatic rings. The summed E-state index contributed by atoms with van der Waals surface area (Å²) in [7, 11) is 0. The molecule has 0 atom stereocenters. The van der Waals surface area contributed by atoms with Gasteiger partial charge in [0.05, 0.1) is 6.61 Å². The monoisotopic (exact) mass is 223 g/mol. The molecule has 0 amide bonds. The Balaban J connectivity index is 1.89. The first-order valence-corrected chi connectivity index (χ1v) is 5.86. The number of unbranched alkanes of at least 4 members (excludes halogenated alkanes) is 1. The van der Waals surface area contributed by atoms with Crippen molar-refractivity contribution in [3.8, 4) is 0 Å². The Labute approximate surface area is 97.4 Å². The Morgan fingerprint density at radius 3 is 2.62 bits per heavy atom. The third kappa shape index (κ3) is 6.56. The summed E-state index contributed by atoms with van der Waals surface area (Å²) in [5.41, 5.74) is 1.29. The van der Waals surface area contributed by atoms with E-state index in [1.165, 1.54) is 5.56 Å². The van der Waals surface area contributed by atoms with Gasteiger partial charge in [0, 0.05) is 26.3 Å². The minimum Gasteiger partial charge on any atom is -0.396 e. The van der Waals surface area contributed by atoms with Crippen molar-refractivity contribution in [3.05, 3.63) is 35.9 Å². The number of rotatable bonds is 9. The average Bonchev–Trinajstić information content (AvgIpc) is 2.34. The third-order valence-electron chi connectivity index (χ3n) is 2.29. The zero-order valence-electron chi connectivity index (χ0n) is 9.69. The quantitative estimate of drug-likeness (QED) is 0.624. The lowest BCUT2D eigenvalue weighted by molar-refractivity contribution is 0.126. The molecule has 0 saturated heterocycles. The number of hydrogen-bond acceptors (Lipinski definition) is 3. The minimum absolute atomic E-state index is 0.260. The van der Waals surface area contributed by atoms with Crippen LogP contribution in [-0.2, 0) is 11.3 Å². The van der Waals surface area contributed by atoms with Crippen LogP contribution in [0, 0.1) is 0 Å². The van der Waals surface area contributed by atoms with Crippen LogP contribution in [0.1, 0.15) is 18.4 Å². The molecule has 0 aliphatic rings. The van der Waals surface area contributed by atoms with Crippen LogP contribution in [0.25, 0.3) is 0 Å². The van der Waals surface area contributed by atoms with Crippen molar-refractivity contribution in [1.29, 1.82) is 0 Å². The highest BCUT2D eigenvalue weighted by atomic mass is 16.5. The molecule has 90 valence electrons. The number of aliphatic hydroxyl groups excluding tert-OH is 1. The molecule has 0 radical (unpaired) electrons. The zero-order chi connectivity index (χ0) is 11.5. The van der Waals surface area contributed by atoms with Crippen molar-refractivity contribution < 1.29 is 9.84 Å². The largest absolute Gasteiger partial charge is 0.396 e. The van der Waals surface area contributed by atoms with E-state index in [2.05, 4.69) is 17.4 Å². The molecule has 0 aliphatic heterocycles. The molecule has 0 aliphatic carbocycles. The van der Waals surface area contributed by atoms with Crippen molar-refractivity contribution in [2.45, 2.75) is 19.4 Å². The second-order valence-corrected chi connectivity index (χ2v) is 3.71. The van der Waals surface area contributed by atoms with E-state index < -0.39 is 0 Å². The Morgan fingerprint density at radius 2 is 1.88 bits per heavy atom. The van der Waals surface area contributed by atoms with Gasteiger partial charge in [-0.1, -0.05) is 30.3 Å². The number of nitrogens with one attached hydrogen (secondary N) is 1. The van der Waals surface area contributed by atoms with Crippen molar-refractivity contribution in [2.75, 3.05) is 26.4 Å². The van der Waals surface area contributed by atoms with E-state index in [1.807, 2.05) is 18.2 Å². The van der Waals surface area contributed by atoms with Crippen LogP contribution in [0.15, 0.2) is 30.3 Å². The molecule has 1 rings (SSSR count). The number of aliphatic hydroxyl groups is 1. The smallest absolute Gasteiger partial charge is 0.0591 e. The SMILES string of the molecule is OCCCCOCCNCc1ccccc1. The van der Waals surface area contributed by atoms with Gasteiger partial charge in [-0.3, -0.25) is 0 Å². The summed E-state index contributed by atoms with van der Waals surface area (Å²) in [6, 6.07) is 10.3. The van der Waals surface area contributed by atoms with Crippen molar-refractivity contribution >= 4 is 0 Å². The van der Waals surface area contributed by atoms with Gasteiger partial charge in [0.1, 0.15) is 0 Å². The van der Waals surface area contributed by atoms with E-state index in [-0.39, 0.29) is 6.61 Å². The first kappa shape index (κ1) is 13.2. The molecular weight excluding hydrogens is 202 g/mol. The van der Waals surface area contributed by atoms with E-state index in [0.717, 1.165) is 39.1 Å². The highest BCUT2D eigenvalue weighted by Crippen LogP contribution is 1.96. The summed E-state index contributed by atoms with van der Waals surface area (Å²) >= 11 is 0. The Morgan fingerprint density at radius 1 is 1.06 bits per heavy atom. The van der Waals surface area contributed by atoms with Crippen LogP contribution < -0.4 is 5.32 Å². The lowest BCUT2D eigenvalue weighted by Crippen LogP contribution is -2.19. The summed E-state index contributed by atoms with van der Waals surface area (Å²) in [5, 5.41) is 11.9. The highest BCUT2D eigenvalue weighted by molar-refractivity contribution is 5.14.